The predicted molar refractivity (Wildman–Crippen MR) is 164 cm³/mol. The van der Waals surface area contributed by atoms with Crippen LogP contribution in [-0.2, 0) is 14.4 Å². The monoisotopic (exact) mass is 608 g/mol. The maximum absolute atomic E-state index is 13.6. The van der Waals surface area contributed by atoms with Crippen molar-refractivity contribution in [2.75, 3.05) is 39.5 Å². The van der Waals surface area contributed by atoms with Gasteiger partial charge in [-0.2, -0.15) is 8.78 Å². The summed E-state index contributed by atoms with van der Waals surface area (Å²) in [6.45, 7) is 5.15. The van der Waals surface area contributed by atoms with Crippen LogP contribution in [0.25, 0.3) is 0 Å². The summed E-state index contributed by atoms with van der Waals surface area (Å²) >= 11 is 0. The van der Waals surface area contributed by atoms with Gasteiger partial charge in [0.15, 0.2) is 6.61 Å². The number of halogens is 2. The van der Waals surface area contributed by atoms with Crippen LogP contribution in [-0.4, -0.2) is 61.3 Å². The number of benzene rings is 1. The van der Waals surface area contributed by atoms with Crippen LogP contribution in [0.5, 0.6) is 5.75 Å². The lowest BCUT2D eigenvalue weighted by Crippen LogP contribution is -2.35. The first-order valence-corrected chi connectivity index (χ1v) is 15.8. The number of unbranched alkanes of at least 4 members (excludes halogenated alkanes) is 1. The lowest BCUT2D eigenvalue weighted by molar-refractivity contribution is -0.757. The van der Waals surface area contributed by atoms with Crippen molar-refractivity contribution in [1.29, 1.82) is 0 Å². The number of allylic oxidation sites excluding steroid dienone is 3. The molecule has 1 saturated heterocycles. The molecule has 1 heterocycles. The first-order chi connectivity index (χ1) is 20.8. The Morgan fingerprint density at radius 1 is 1.07 bits per heavy atom. The van der Waals surface area contributed by atoms with Crippen LogP contribution < -0.4 is 4.74 Å². The second-order valence-electron chi connectivity index (χ2n) is 11.3. The van der Waals surface area contributed by atoms with E-state index in [1.165, 1.54) is 0 Å². The van der Waals surface area contributed by atoms with E-state index in [1.807, 2.05) is 19.1 Å². The molecule has 0 spiro atoms. The predicted octanol–water partition coefficient (Wildman–Crippen LogP) is 7.81. The number of ether oxygens (including phenoxy) is 2. The molecule has 242 valence electrons. The van der Waals surface area contributed by atoms with Crippen LogP contribution >= 0.6 is 0 Å². The Hall–Kier alpha value is -3.01. The molecule has 1 aliphatic carbocycles. The van der Waals surface area contributed by atoms with E-state index in [9.17, 15) is 23.7 Å². The Morgan fingerprint density at radius 3 is 2.47 bits per heavy atom. The molecule has 1 saturated carbocycles. The molecule has 10 heteroatoms. The quantitative estimate of drug-likeness (QED) is 0.0552. The van der Waals surface area contributed by atoms with Gasteiger partial charge in [0.2, 0.25) is 0 Å². The molecule has 0 bridgehead atoms. The number of esters is 1. The molecular weight excluding hydrogens is 558 g/mol. The third-order valence-corrected chi connectivity index (χ3v) is 7.72. The van der Waals surface area contributed by atoms with Crippen molar-refractivity contribution in [2.24, 2.45) is 11.8 Å². The summed E-state index contributed by atoms with van der Waals surface area (Å²) in [4.78, 5) is 28.4. The molecular formula is C33H50F2N2O6. The average molecular weight is 609 g/mol. The fourth-order valence-electron chi connectivity index (χ4n) is 5.26. The largest absolute Gasteiger partial charge is 0.487 e. The van der Waals surface area contributed by atoms with Crippen LogP contribution in [0.1, 0.15) is 84.0 Å². The number of nitrogens with zero attached hydrogens (tertiary/aromatic N) is 2. The average Bonchev–Trinajstić information content (AvgIpc) is 3.53. The molecule has 2 fully saturated rings. The maximum atomic E-state index is 13.6. The lowest BCUT2D eigenvalue weighted by Gasteiger charge is -2.31. The molecule has 1 aromatic rings. The van der Waals surface area contributed by atoms with E-state index >= 15 is 0 Å². The Kier molecular flexibility index (Phi) is 18.2. The second-order valence-corrected chi connectivity index (χ2v) is 11.3. The summed E-state index contributed by atoms with van der Waals surface area (Å²) in [6, 6.07) is 8.71. The van der Waals surface area contributed by atoms with Gasteiger partial charge in [-0.1, -0.05) is 49.3 Å². The van der Waals surface area contributed by atoms with Gasteiger partial charge in [0, 0.05) is 13.0 Å². The van der Waals surface area contributed by atoms with Gasteiger partial charge in [-0.05, 0) is 108 Å². The summed E-state index contributed by atoms with van der Waals surface area (Å²) in [6.07, 6.45) is 18.2. The molecule has 1 aromatic carbocycles. The molecule has 0 aromatic heterocycles. The van der Waals surface area contributed by atoms with E-state index < -0.39 is 17.6 Å². The topological polar surface area (TPSA) is 91.1 Å². The lowest BCUT2D eigenvalue weighted by atomic mass is 9.92. The number of para-hydroxylation sites is 1. The van der Waals surface area contributed by atoms with Gasteiger partial charge in [0.05, 0.1) is 13.2 Å². The highest BCUT2D eigenvalue weighted by Crippen LogP contribution is 2.28. The van der Waals surface area contributed by atoms with Crippen LogP contribution in [0.15, 0.2) is 54.6 Å². The molecule has 43 heavy (non-hydrogen) atoms. The summed E-state index contributed by atoms with van der Waals surface area (Å²) in [5.41, 5.74) is 0. The Bertz CT molecular complexity index is 946. The number of likely N-dealkylation sites (tertiary alicyclic amines) is 1. The highest BCUT2D eigenvalue weighted by molar-refractivity contribution is 5.69. The van der Waals surface area contributed by atoms with E-state index in [1.54, 1.807) is 30.3 Å². The number of carbonyl (C=O) groups is 1. The van der Waals surface area contributed by atoms with E-state index in [2.05, 4.69) is 15.8 Å². The number of hydrogen-bond donors (Lipinski definition) is 0. The summed E-state index contributed by atoms with van der Waals surface area (Å²) in [7, 11) is 0. The van der Waals surface area contributed by atoms with Crippen molar-refractivity contribution in [1.82, 2.24) is 4.90 Å². The van der Waals surface area contributed by atoms with Gasteiger partial charge in [0.25, 0.3) is 11.0 Å². The normalized spacial score (nSPS) is 16.7. The van der Waals surface area contributed by atoms with Crippen molar-refractivity contribution < 1.29 is 33.0 Å². The fraction of sp³-hybridized carbons (Fsp3) is 0.667. The Balaban J connectivity index is 0.000000315. The standard InChI is InChI=1S/C18H32N2O5.C15H18F2O/c1-2-3-4-5-9-18(21)24-15-7-12-19-13-10-17(11-14-19)8-6-16-25-20(22)23;16-15(17,11-10-13-6-4-5-7-13)12-18-14-8-2-1-3-9-14/h2-3,17H,4-16H2,1H3;1-3,8-11,13H,4-7,12H2/b3-2-;11-10+. The smallest absolute Gasteiger partial charge is 0.305 e. The van der Waals surface area contributed by atoms with E-state index in [4.69, 9.17) is 9.47 Å². The maximum Gasteiger partial charge on any atom is 0.305 e. The third kappa shape index (κ3) is 18.3. The SMILES string of the molecule is C/C=C\CCCC(=O)OCCCN1CCC(CCCO[N+](=O)[O-])CC1.FC(F)(/C=C/C1CCCC1)COc1ccccc1. The van der Waals surface area contributed by atoms with Crippen molar-refractivity contribution in [3.05, 3.63) is 64.8 Å². The minimum absolute atomic E-state index is 0.0971. The molecule has 0 amide bonds. The zero-order chi connectivity index (χ0) is 31.2. The van der Waals surface area contributed by atoms with Crippen molar-refractivity contribution in [3.63, 3.8) is 0 Å². The Labute approximate surface area is 255 Å². The van der Waals surface area contributed by atoms with E-state index in [-0.39, 0.29) is 12.6 Å². The zero-order valence-electron chi connectivity index (χ0n) is 25.7. The van der Waals surface area contributed by atoms with Crippen LogP contribution in [0.4, 0.5) is 8.78 Å². The molecule has 0 radical (unpaired) electrons. The fourth-order valence-corrected chi connectivity index (χ4v) is 5.26. The minimum Gasteiger partial charge on any atom is -0.487 e. The molecule has 8 nitrogen and oxygen atoms in total. The van der Waals surface area contributed by atoms with Gasteiger partial charge in [-0.3, -0.25) is 4.79 Å². The van der Waals surface area contributed by atoms with Crippen LogP contribution in [0, 0.1) is 22.0 Å². The van der Waals surface area contributed by atoms with E-state index in [0.29, 0.717) is 30.6 Å². The van der Waals surface area contributed by atoms with Gasteiger partial charge in [-0.15, -0.1) is 10.1 Å². The summed E-state index contributed by atoms with van der Waals surface area (Å²) in [5, 5.41) is 9.36. The highest BCUT2D eigenvalue weighted by Gasteiger charge is 2.27. The number of hydrogen-bond acceptors (Lipinski definition) is 7. The Morgan fingerprint density at radius 2 is 1.79 bits per heavy atom. The van der Waals surface area contributed by atoms with Crippen molar-refractivity contribution >= 4 is 5.97 Å². The van der Waals surface area contributed by atoms with Gasteiger partial charge in [-0.25, -0.2) is 0 Å². The van der Waals surface area contributed by atoms with Gasteiger partial charge < -0.3 is 19.2 Å². The molecule has 0 atom stereocenters. The van der Waals surface area contributed by atoms with Crippen molar-refractivity contribution in [3.8, 4) is 5.75 Å². The summed E-state index contributed by atoms with van der Waals surface area (Å²) in [5.74, 6) is -1.54. The van der Waals surface area contributed by atoms with Crippen molar-refractivity contribution in [2.45, 2.75) is 89.9 Å². The minimum atomic E-state index is -2.89. The second kappa shape index (κ2) is 21.6. The van der Waals surface area contributed by atoms with Crippen LogP contribution in [0.2, 0.25) is 0 Å². The highest BCUT2D eigenvalue weighted by atomic mass is 19.3. The molecule has 0 unspecified atom stereocenters. The molecule has 3 rings (SSSR count). The molecule has 0 N–H and O–H groups in total. The molecule has 2 aliphatic rings. The van der Waals surface area contributed by atoms with E-state index in [0.717, 1.165) is 96.3 Å². The third-order valence-electron chi connectivity index (χ3n) is 7.72. The number of piperidine rings is 1. The first kappa shape index (κ1) is 36.2. The number of rotatable bonds is 18. The zero-order valence-corrected chi connectivity index (χ0v) is 25.7. The number of carbonyl (C=O) groups excluding carboxylic acids is 1. The van der Waals surface area contributed by atoms with Crippen LogP contribution in [0.3, 0.4) is 0 Å². The van der Waals surface area contributed by atoms with Gasteiger partial charge in [0.1, 0.15) is 5.75 Å². The molecule has 1 aliphatic heterocycles. The first-order valence-electron chi connectivity index (χ1n) is 15.8. The number of alkyl halides is 2. The van der Waals surface area contributed by atoms with Gasteiger partial charge >= 0.3 is 5.97 Å². The summed E-state index contributed by atoms with van der Waals surface area (Å²) < 4.78 is 37.4.